The summed E-state index contributed by atoms with van der Waals surface area (Å²) in [7, 11) is -2.51. The average molecular weight is 486 g/mol. The van der Waals surface area contributed by atoms with E-state index in [1.54, 1.807) is 36.4 Å². The van der Waals surface area contributed by atoms with Gasteiger partial charge in [-0.3, -0.25) is 9.10 Å². The molecule has 0 aliphatic carbocycles. The zero-order valence-electron chi connectivity index (χ0n) is 18.4. The minimum Gasteiger partial charge on any atom is -0.496 e. The molecule has 3 aromatic rings. The molecule has 0 radical (unpaired) electrons. The molecule has 7 nitrogen and oxygen atoms in total. The van der Waals surface area contributed by atoms with Crippen molar-refractivity contribution in [2.24, 2.45) is 5.10 Å². The normalized spacial score (nSPS) is 11.4. The fourth-order valence-electron chi connectivity index (χ4n) is 3.00. The lowest BCUT2D eigenvalue weighted by molar-refractivity contribution is -0.119. The molecule has 0 saturated carbocycles. The van der Waals surface area contributed by atoms with Crippen molar-refractivity contribution >= 4 is 39.4 Å². The van der Waals surface area contributed by atoms with Gasteiger partial charge in [-0.2, -0.15) is 5.10 Å². The van der Waals surface area contributed by atoms with E-state index in [-0.39, 0.29) is 10.6 Å². The van der Waals surface area contributed by atoms with E-state index in [9.17, 15) is 13.2 Å². The lowest BCUT2D eigenvalue weighted by Crippen LogP contribution is -2.39. The molecular formula is C24H24ClN3O4S. The van der Waals surface area contributed by atoms with Gasteiger partial charge in [0.15, 0.2) is 0 Å². The van der Waals surface area contributed by atoms with Crippen LogP contribution in [0.1, 0.15) is 16.7 Å². The number of ether oxygens (including phenoxy) is 1. The molecule has 0 aliphatic rings. The summed E-state index contributed by atoms with van der Waals surface area (Å²) < 4.78 is 33.1. The number of hydrogen-bond acceptors (Lipinski definition) is 5. The Balaban J connectivity index is 1.88. The van der Waals surface area contributed by atoms with Crippen LogP contribution in [0.3, 0.4) is 0 Å². The number of aryl methyl sites for hydroxylation is 2. The Kier molecular flexibility index (Phi) is 7.73. The zero-order valence-corrected chi connectivity index (χ0v) is 20.0. The van der Waals surface area contributed by atoms with Crippen LogP contribution in [0.2, 0.25) is 5.02 Å². The SMILES string of the molecule is COc1ccccc1/C=N\NC(=O)CN(c1ccc(C)c(Cl)c1)S(=O)(=O)c1ccc(C)cc1. The third-order valence-electron chi connectivity index (χ3n) is 4.87. The largest absolute Gasteiger partial charge is 0.496 e. The monoisotopic (exact) mass is 485 g/mol. The van der Waals surface area contributed by atoms with Crippen LogP contribution in [0.25, 0.3) is 0 Å². The molecule has 0 bridgehead atoms. The van der Waals surface area contributed by atoms with Crippen molar-refractivity contribution in [2.45, 2.75) is 18.7 Å². The van der Waals surface area contributed by atoms with Gasteiger partial charge >= 0.3 is 0 Å². The first-order valence-electron chi connectivity index (χ1n) is 10.0. The minimum absolute atomic E-state index is 0.0649. The molecule has 3 aromatic carbocycles. The topological polar surface area (TPSA) is 88.1 Å². The van der Waals surface area contributed by atoms with Crippen LogP contribution in [0.15, 0.2) is 76.7 Å². The molecule has 172 valence electrons. The third-order valence-corrected chi connectivity index (χ3v) is 7.07. The van der Waals surface area contributed by atoms with Gasteiger partial charge < -0.3 is 4.74 Å². The zero-order chi connectivity index (χ0) is 24.0. The molecular weight excluding hydrogens is 462 g/mol. The first-order chi connectivity index (χ1) is 15.7. The number of anilines is 1. The van der Waals surface area contributed by atoms with E-state index in [1.807, 2.05) is 26.0 Å². The quantitative estimate of drug-likeness (QED) is 0.380. The van der Waals surface area contributed by atoms with Gasteiger partial charge in [-0.1, -0.05) is 47.5 Å². The number of hydrazone groups is 1. The molecule has 1 amide bonds. The molecule has 0 aliphatic heterocycles. The van der Waals surface area contributed by atoms with E-state index < -0.39 is 22.5 Å². The van der Waals surface area contributed by atoms with Crippen LogP contribution in [-0.2, 0) is 14.8 Å². The summed E-state index contributed by atoms with van der Waals surface area (Å²) in [5.74, 6) is -0.0260. The van der Waals surface area contributed by atoms with Gasteiger partial charge in [-0.15, -0.1) is 0 Å². The first kappa shape index (κ1) is 24.3. The molecule has 0 fully saturated rings. The highest BCUT2D eigenvalue weighted by atomic mass is 35.5. The van der Waals surface area contributed by atoms with Crippen LogP contribution in [-0.4, -0.2) is 34.2 Å². The Labute approximate surface area is 198 Å². The highest BCUT2D eigenvalue weighted by Gasteiger charge is 2.27. The van der Waals surface area contributed by atoms with Gasteiger partial charge in [0.1, 0.15) is 12.3 Å². The maximum atomic E-state index is 13.4. The number of nitrogens with zero attached hydrogens (tertiary/aromatic N) is 2. The summed E-state index contributed by atoms with van der Waals surface area (Å²) in [6.07, 6.45) is 1.43. The van der Waals surface area contributed by atoms with E-state index in [2.05, 4.69) is 10.5 Å². The predicted molar refractivity (Wildman–Crippen MR) is 131 cm³/mol. The predicted octanol–water partition coefficient (Wildman–Crippen LogP) is 4.31. The standard InChI is InChI=1S/C24H24ClN3O4S/c1-17-8-12-21(13-9-17)33(30,31)28(20-11-10-18(2)22(25)14-20)16-24(29)27-26-15-19-6-4-5-7-23(19)32-3/h4-15H,16H2,1-3H3,(H,27,29)/b26-15-. The second-order valence-corrected chi connectivity index (χ2v) is 9.56. The maximum Gasteiger partial charge on any atom is 0.264 e. The van der Waals surface area contributed by atoms with E-state index in [0.717, 1.165) is 15.4 Å². The lowest BCUT2D eigenvalue weighted by atomic mass is 10.2. The Morgan fingerprint density at radius 3 is 2.45 bits per heavy atom. The highest BCUT2D eigenvalue weighted by molar-refractivity contribution is 7.92. The van der Waals surface area contributed by atoms with Gasteiger partial charge in [-0.25, -0.2) is 13.8 Å². The molecule has 0 atom stereocenters. The number of benzene rings is 3. The molecule has 9 heteroatoms. The molecule has 3 rings (SSSR count). The van der Waals surface area contributed by atoms with E-state index >= 15 is 0 Å². The number of amides is 1. The van der Waals surface area contributed by atoms with Gasteiger partial charge in [0.05, 0.1) is 23.9 Å². The number of sulfonamides is 1. The number of rotatable bonds is 8. The summed E-state index contributed by atoms with van der Waals surface area (Å²) in [5.41, 5.74) is 5.02. The Morgan fingerprint density at radius 2 is 1.79 bits per heavy atom. The second kappa shape index (κ2) is 10.5. The van der Waals surface area contributed by atoms with E-state index in [0.29, 0.717) is 16.3 Å². The van der Waals surface area contributed by atoms with E-state index in [1.165, 1.54) is 31.5 Å². The molecule has 0 heterocycles. The maximum absolute atomic E-state index is 13.4. The van der Waals surface area contributed by atoms with Crippen LogP contribution in [0.4, 0.5) is 5.69 Å². The average Bonchev–Trinajstić information content (AvgIpc) is 2.80. The molecule has 0 unspecified atom stereocenters. The summed E-state index contributed by atoms with van der Waals surface area (Å²) in [6, 6.07) is 18.4. The van der Waals surface area contributed by atoms with Crippen molar-refractivity contribution in [1.29, 1.82) is 0 Å². The number of para-hydroxylation sites is 1. The summed E-state index contributed by atoms with van der Waals surface area (Å²) in [4.78, 5) is 12.7. The lowest BCUT2D eigenvalue weighted by Gasteiger charge is -2.24. The number of carbonyl (C=O) groups is 1. The number of hydrogen-bond donors (Lipinski definition) is 1. The van der Waals surface area contributed by atoms with Gasteiger partial charge in [0, 0.05) is 10.6 Å². The fraction of sp³-hybridized carbons (Fsp3) is 0.167. The summed E-state index contributed by atoms with van der Waals surface area (Å²) >= 11 is 6.23. The highest BCUT2D eigenvalue weighted by Crippen LogP contribution is 2.28. The first-order valence-corrected chi connectivity index (χ1v) is 11.8. The number of halogens is 1. The molecule has 0 aromatic heterocycles. The third kappa shape index (κ3) is 5.91. The van der Waals surface area contributed by atoms with Gasteiger partial charge in [-0.05, 0) is 55.8 Å². The smallest absolute Gasteiger partial charge is 0.264 e. The Hall–Kier alpha value is -3.36. The molecule has 0 saturated heterocycles. The second-order valence-electron chi connectivity index (χ2n) is 7.29. The Morgan fingerprint density at radius 1 is 1.09 bits per heavy atom. The molecule has 0 spiro atoms. The Bertz CT molecular complexity index is 1280. The van der Waals surface area contributed by atoms with Crippen LogP contribution < -0.4 is 14.5 Å². The van der Waals surface area contributed by atoms with Crippen molar-refractivity contribution in [3.8, 4) is 5.75 Å². The summed E-state index contributed by atoms with van der Waals surface area (Å²) in [5, 5.41) is 4.34. The number of nitrogens with one attached hydrogen (secondary N) is 1. The molecule has 33 heavy (non-hydrogen) atoms. The van der Waals surface area contributed by atoms with Crippen LogP contribution in [0, 0.1) is 13.8 Å². The van der Waals surface area contributed by atoms with Crippen molar-refractivity contribution in [1.82, 2.24) is 5.43 Å². The number of methoxy groups -OCH3 is 1. The molecule has 1 N–H and O–H groups in total. The van der Waals surface area contributed by atoms with Gasteiger partial charge in [0.25, 0.3) is 15.9 Å². The number of carbonyl (C=O) groups excluding carboxylic acids is 1. The minimum atomic E-state index is -4.04. The fourth-order valence-corrected chi connectivity index (χ4v) is 4.59. The van der Waals surface area contributed by atoms with Gasteiger partial charge in [0.2, 0.25) is 0 Å². The summed E-state index contributed by atoms with van der Waals surface area (Å²) in [6.45, 7) is 3.18. The van der Waals surface area contributed by atoms with Crippen molar-refractivity contribution < 1.29 is 17.9 Å². The van der Waals surface area contributed by atoms with Crippen LogP contribution in [0.5, 0.6) is 5.75 Å². The van der Waals surface area contributed by atoms with Crippen molar-refractivity contribution in [3.63, 3.8) is 0 Å². The van der Waals surface area contributed by atoms with E-state index in [4.69, 9.17) is 16.3 Å². The van der Waals surface area contributed by atoms with Crippen molar-refractivity contribution in [2.75, 3.05) is 18.0 Å². The van der Waals surface area contributed by atoms with Crippen molar-refractivity contribution in [3.05, 3.63) is 88.4 Å². The van der Waals surface area contributed by atoms with Crippen LogP contribution >= 0.6 is 11.6 Å².